The second-order valence-corrected chi connectivity index (χ2v) is 11.7. The maximum atomic E-state index is 13.4. The zero-order valence-corrected chi connectivity index (χ0v) is 25.0. The van der Waals surface area contributed by atoms with Gasteiger partial charge in [-0.05, 0) is 55.6 Å². The van der Waals surface area contributed by atoms with Crippen LogP contribution in [0.3, 0.4) is 0 Å². The molecule has 2 atom stereocenters. The molecule has 1 heterocycles. The normalized spacial score (nSPS) is 17.0. The average molecular weight is 559 g/mol. The first-order chi connectivity index (χ1) is 20.0. The average Bonchev–Trinajstić information content (AvgIpc) is 3.62. The number of hydrogen-bond donors (Lipinski definition) is 1. The lowest BCUT2D eigenvalue weighted by molar-refractivity contribution is -0.703. The summed E-state index contributed by atoms with van der Waals surface area (Å²) in [5, 5.41) is 0. The molecule has 0 unspecified atom stereocenters. The van der Waals surface area contributed by atoms with Crippen molar-refractivity contribution in [2.24, 2.45) is 11.7 Å². The van der Waals surface area contributed by atoms with Gasteiger partial charge in [-0.15, -0.1) is 0 Å². The summed E-state index contributed by atoms with van der Waals surface area (Å²) in [6.07, 6.45) is 17.3. The fraction of sp³-hybridized carbons (Fsp3) is 0.514. The van der Waals surface area contributed by atoms with Crippen molar-refractivity contribution in [3.63, 3.8) is 0 Å². The number of primary amides is 1. The van der Waals surface area contributed by atoms with Crippen LogP contribution < -0.4 is 10.3 Å². The number of carbonyl (C=O) groups is 2. The quantitative estimate of drug-likeness (QED) is 0.123. The number of carbonyl (C=O) groups excluding carboxylic acids is 2. The summed E-state index contributed by atoms with van der Waals surface area (Å²) in [6, 6.07) is 20.6. The summed E-state index contributed by atoms with van der Waals surface area (Å²) in [5.41, 5.74) is 7.45. The number of nitrogens with zero attached hydrogens (tertiary/aromatic N) is 2. The van der Waals surface area contributed by atoms with Gasteiger partial charge in [0.25, 0.3) is 5.82 Å². The van der Waals surface area contributed by atoms with Gasteiger partial charge in [-0.25, -0.2) is 9.13 Å². The number of aromatic nitrogens is 2. The van der Waals surface area contributed by atoms with E-state index in [0.29, 0.717) is 12.5 Å². The largest absolute Gasteiger partial charge is 0.469 e. The summed E-state index contributed by atoms with van der Waals surface area (Å²) >= 11 is 0. The van der Waals surface area contributed by atoms with Gasteiger partial charge in [-0.2, -0.15) is 0 Å². The Bertz CT molecular complexity index is 1200. The molecular formula is C35H48N3O3+. The fourth-order valence-electron chi connectivity index (χ4n) is 6.98. The molecule has 6 heteroatoms. The van der Waals surface area contributed by atoms with E-state index in [1.807, 2.05) is 36.4 Å². The van der Waals surface area contributed by atoms with Crippen LogP contribution in [0.25, 0.3) is 0 Å². The minimum absolute atomic E-state index is 0.0995. The summed E-state index contributed by atoms with van der Waals surface area (Å²) in [5.74, 6) is 1.05. The molecule has 4 rings (SSSR count). The zero-order valence-electron chi connectivity index (χ0n) is 25.0. The third kappa shape index (κ3) is 7.27. The van der Waals surface area contributed by atoms with E-state index in [-0.39, 0.29) is 17.8 Å². The van der Waals surface area contributed by atoms with Gasteiger partial charge in [0, 0.05) is 13.3 Å². The zero-order chi connectivity index (χ0) is 29.1. The van der Waals surface area contributed by atoms with E-state index >= 15 is 0 Å². The van der Waals surface area contributed by atoms with E-state index in [9.17, 15) is 9.59 Å². The van der Waals surface area contributed by atoms with Crippen LogP contribution in [-0.2, 0) is 26.3 Å². The maximum Gasteiger partial charge on any atom is 0.305 e. The summed E-state index contributed by atoms with van der Waals surface area (Å²) < 4.78 is 9.51. The molecule has 0 spiro atoms. The van der Waals surface area contributed by atoms with Gasteiger partial charge in [0.2, 0.25) is 5.91 Å². The topological polar surface area (TPSA) is 78.2 Å². The molecule has 1 aromatic heterocycles. The van der Waals surface area contributed by atoms with E-state index in [4.69, 9.17) is 10.5 Å². The van der Waals surface area contributed by atoms with Crippen LogP contribution >= 0.6 is 0 Å². The smallest absolute Gasteiger partial charge is 0.305 e. The van der Waals surface area contributed by atoms with Gasteiger partial charge in [0.05, 0.1) is 13.7 Å². The Kier molecular flexibility index (Phi) is 11.2. The Balaban J connectivity index is 1.32. The Morgan fingerprint density at radius 1 is 0.878 bits per heavy atom. The molecule has 220 valence electrons. The summed E-state index contributed by atoms with van der Waals surface area (Å²) in [4.78, 5) is 24.6. The fourth-order valence-corrected chi connectivity index (χ4v) is 6.98. The molecule has 3 aromatic rings. The molecule has 2 N–H and O–H groups in total. The lowest BCUT2D eigenvalue weighted by Crippen LogP contribution is -2.47. The Morgan fingerprint density at radius 2 is 1.44 bits per heavy atom. The number of rotatable bonds is 16. The molecule has 41 heavy (non-hydrogen) atoms. The molecule has 1 fully saturated rings. The number of nitrogens with two attached hydrogens (primary N) is 1. The lowest BCUT2D eigenvalue weighted by Gasteiger charge is -2.37. The molecule has 0 saturated heterocycles. The van der Waals surface area contributed by atoms with Crippen LogP contribution in [-0.4, -0.2) is 23.6 Å². The highest BCUT2D eigenvalue weighted by Gasteiger charge is 2.51. The molecule has 1 aliphatic carbocycles. The minimum Gasteiger partial charge on any atom is -0.469 e. The van der Waals surface area contributed by atoms with Crippen molar-refractivity contribution in [3.8, 4) is 0 Å². The maximum absolute atomic E-state index is 13.4. The van der Waals surface area contributed by atoms with Gasteiger partial charge in [-0.3, -0.25) is 9.59 Å². The molecular weight excluding hydrogens is 510 g/mol. The van der Waals surface area contributed by atoms with Crippen LogP contribution in [0.1, 0.15) is 100 Å². The van der Waals surface area contributed by atoms with E-state index in [2.05, 4.69) is 52.7 Å². The van der Waals surface area contributed by atoms with Crippen LogP contribution in [0.4, 0.5) is 0 Å². The Hall–Kier alpha value is -3.41. The molecule has 2 aromatic carbocycles. The predicted molar refractivity (Wildman–Crippen MR) is 162 cm³/mol. The second kappa shape index (κ2) is 15.0. The summed E-state index contributed by atoms with van der Waals surface area (Å²) in [7, 11) is 1.45. The Morgan fingerprint density at radius 3 is 2.00 bits per heavy atom. The van der Waals surface area contributed by atoms with Crippen LogP contribution in [0.2, 0.25) is 0 Å². The van der Waals surface area contributed by atoms with Gasteiger partial charge >= 0.3 is 5.97 Å². The third-order valence-electron chi connectivity index (χ3n) is 9.21. The number of amides is 1. The Labute approximate surface area is 245 Å². The van der Waals surface area contributed by atoms with Crippen LogP contribution in [0, 0.1) is 12.8 Å². The van der Waals surface area contributed by atoms with Crippen molar-refractivity contribution in [2.45, 2.75) is 102 Å². The van der Waals surface area contributed by atoms with Crippen molar-refractivity contribution >= 4 is 11.9 Å². The van der Waals surface area contributed by atoms with Crippen molar-refractivity contribution in [3.05, 3.63) is 90.0 Å². The highest BCUT2D eigenvalue weighted by atomic mass is 16.5. The number of methoxy groups -OCH3 is 1. The van der Waals surface area contributed by atoms with Crippen LogP contribution in [0.5, 0.6) is 0 Å². The highest BCUT2D eigenvalue weighted by molar-refractivity contribution is 5.91. The summed E-state index contributed by atoms with van der Waals surface area (Å²) in [6.45, 7) is 3.25. The molecule has 1 saturated carbocycles. The third-order valence-corrected chi connectivity index (χ3v) is 9.21. The van der Waals surface area contributed by atoms with Gasteiger partial charge < -0.3 is 10.5 Å². The van der Waals surface area contributed by atoms with Gasteiger partial charge in [0.1, 0.15) is 23.9 Å². The number of ether oxygens (including phenoxy) is 1. The SMILES string of the molecule is COC(=O)CCCCCCCCCC[n+]1ccn([C@H]2CC[C@@H](C(C(N)=O)(c3ccccc3)c3ccccc3)C2)c1C. The standard InChI is InChI=1S/C35H47N3O3/c1-28-37(24-16-8-6-4-3-5-7-15-21-33(39)41-2)25-26-38(28)32-23-22-31(27-32)35(34(36)40,29-17-11-9-12-18-29)30-19-13-10-14-20-30/h9-14,17-20,25-26,31-32H,3-8,15-16,21-24,27H2,1-2H3,(H-,36,40)/p+1/t31-,32+/m1/s1. The van der Waals surface area contributed by atoms with E-state index in [0.717, 1.165) is 49.8 Å². The number of imidazole rings is 1. The van der Waals surface area contributed by atoms with Crippen molar-refractivity contribution < 1.29 is 18.9 Å². The van der Waals surface area contributed by atoms with E-state index in [1.165, 1.54) is 51.5 Å². The van der Waals surface area contributed by atoms with Crippen molar-refractivity contribution in [2.75, 3.05) is 7.11 Å². The molecule has 0 bridgehead atoms. The molecule has 1 aliphatic rings. The van der Waals surface area contributed by atoms with Crippen LogP contribution in [0.15, 0.2) is 73.1 Å². The van der Waals surface area contributed by atoms with Gasteiger partial charge in [0.15, 0.2) is 0 Å². The second-order valence-electron chi connectivity index (χ2n) is 11.7. The first kappa shape index (κ1) is 30.5. The monoisotopic (exact) mass is 558 g/mol. The highest BCUT2D eigenvalue weighted by Crippen LogP contribution is 2.49. The first-order valence-corrected chi connectivity index (χ1v) is 15.5. The van der Waals surface area contributed by atoms with E-state index < -0.39 is 5.41 Å². The molecule has 6 nitrogen and oxygen atoms in total. The number of benzene rings is 2. The van der Waals surface area contributed by atoms with Crippen molar-refractivity contribution in [1.29, 1.82) is 0 Å². The number of hydrogen-bond acceptors (Lipinski definition) is 3. The molecule has 1 amide bonds. The number of unbranched alkanes of at least 4 members (excludes halogenated alkanes) is 7. The number of esters is 1. The predicted octanol–water partition coefficient (Wildman–Crippen LogP) is 6.58. The van der Waals surface area contributed by atoms with E-state index in [1.54, 1.807) is 0 Å². The van der Waals surface area contributed by atoms with Gasteiger partial charge in [-0.1, -0.05) is 92.8 Å². The lowest BCUT2D eigenvalue weighted by atomic mass is 9.64. The minimum atomic E-state index is -0.838. The molecule has 0 radical (unpaired) electrons. The van der Waals surface area contributed by atoms with Crippen molar-refractivity contribution in [1.82, 2.24) is 4.57 Å². The number of aryl methyl sites for hydroxylation is 1. The first-order valence-electron chi connectivity index (χ1n) is 15.5. The molecule has 0 aliphatic heterocycles.